The van der Waals surface area contributed by atoms with Gasteiger partial charge in [-0.05, 0) is 62.3 Å². The molecule has 31 heteroatoms. The molecule has 9 atom stereocenters. The second kappa shape index (κ2) is 31.9. The fourth-order valence-electron chi connectivity index (χ4n) is 10.3. The number of likely N-dealkylation sites (tertiary alicyclic amines) is 1. The topological polar surface area (TPSA) is 482 Å². The highest BCUT2D eigenvalue weighted by molar-refractivity contribution is 6.00. The Morgan fingerprint density at radius 2 is 1.19 bits per heavy atom. The van der Waals surface area contributed by atoms with Crippen molar-refractivity contribution >= 4 is 81.9 Å². The number of nitrogens with zero attached hydrogens (tertiary/aromatic N) is 3. The third kappa shape index (κ3) is 18.7. The Bertz CT molecular complexity index is 3270. The van der Waals surface area contributed by atoms with Crippen molar-refractivity contribution in [3.05, 3.63) is 108 Å². The number of aromatic nitrogens is 5. The van der Waals surface area contributed by atoms with Gasteiger partial charge in [0.1, 0.15) is 54.4 Å². The molecule has 5 aromatic rings. The van der Waals surface area contributed by atoms with Crippen molar-refractivity contribution in [2.45, 2.75) is 131 Å². The maximum atomic E-state index is 14.5. The predicted octanol–water partition coefficient (Wildman–Crippen LogP) is -4.25. The molecule has 0 unspecified atom stereocenters. The van der Waals surface area contributed by atoms with Gasteiger partial charge in [0.25, 0.3) is 0 Å². The summed E-state index contributed by atoms with van der Waals surface area (Å²) in [6, 6.07) is 2.42. The molecular weight excluding hydrogens is 1150 g/mol. The maximum Gasteiger partial charge on any atom is 0.305 e. The number of hydrogen-bond donors (Lipinski definition) is 16. The Labute approximate surface area is 503 Å². The summed E-state index contributed by atoms with van der Waals surface area (Å²) in [6.07, 6.45) is 6.82. The van der Waals surface area contributed by atoms with Crippen LogP contribution in [0.4, 0.5) is 0 Å². The van der Waals surface area contributed by atoms with Crippen molar-refractivity contribution in [1.29, 1.82) is 0 Å². The van der Waals surface area contributed by atoms with Gasteiger partial charge in [0, 0.05) is 79.5 Å². The zero-order valence-electron chi connectivity index (χ0n) is 47.9. The van der Waals surface area contributed by atoms with Gasteiger partial charge in [-0.15, -0.1) is 0 Å². The van der Waals surface area contributed by atoms with E-state index in [9.17, 15) is 67.7 Å². The van der Waals surface area contributed by atoms with E-state index in [0.717, 1.165) is 0 Å². The number of aliphatic hydroxyl groups excluding tert-OH is 1. The quantitative estimate of drug-likeness (QED) is 0.0177. The number of amides is 11. The average molecular weight is 1220 g/mol. The summed E-state index contributed by atoms with van der Waals surface area (Å²) < 4.78 is 0. The number of aromatic amines is 3. The number of aliphatic carboxylic acids is 1. The zero-order chi connectivity index (χ0) is 63.3. The number of aliphatic hydroxyl groups is 1. The summed E-state index contributed by atoms with van der Waals surface area (Å²) in [7, 11) is 0. The van der Waals surface area contributed by atoms with Crippen molar-refractivity contribution in [1.82, 2.24) is 77.7 Å². The van der Waals surface area contributed by atoms with Crippen LogP contribution in [0.15, 0.2) is 85.8 Å². The van der Waals surface area contributed by atoms with E-state index in [0.29, 0.717) is 47.0 Å². The number of primary amides is 1. The van der Waals surface area contributed by atoms with Gasteiger partial charge in [-0.1, -0.05) is 48.5 Å². The molecule has 3 aromatic heterocycles. The van der Waals surface area contributed by atoms with E-state index >= 15 is 0 Å². The number of imidazole rings is 2. The number of benzene rings is 2. The summed E-state index contributed by atoms with van der Waals surface area (Å²) in [6.45, 7) is -1.14. The normalized spacial score (nSPS) is 16.9. The van der Waals surface area contributed by atoms with Crippen molar-refractivity contribution in [3.8, 4) is 0 Å². The number of para-hydroxylation sites is 1. The highest BCUT2D eigenvalue weighted by atomic mass is 16.4. The fraction of sp³-hybridized carbons (Fsp3) is 0.439. The van der Waals surface area contributed by atoms with Gasteiger partial charge in [-0.3, -0.25) is 57.5 Å². The molecule has 31 nitrogen and oxygen atoms in total. The van der Waals surface area contributed by atoms with Crippen LogP contribution < -0.4 is 59.3 Å². The lowest BCUT2D eigenvalue weighted by molar-refractivity contribution is -0.143. The van der Waals surface area contributed by atoms with Gasteiger partial charge in [0.05, 0.1) is 32.2 Å². The van der Waals surface area contributed by atoms with Crippen LogP contribution in [0.25, 0.3) is 10.9 Å². The first-order valence-electron chi connectivity index (χ1n) is 28.6. The van der Waals surface area contributed by atoms with Crippen LogP contribution in [-0.4, -0.2) is 192 Å². The molecule has 18 N–H and O–H groups in total. The summed E-state index contributed by atoms with van der Waals surface area (Å²) in [5.74, 6) is -10.8. The molecule has 7 rings (SSSR count). The highest BCUT2D eigenvalue weighted by Gasteiger charge is 2.40. The number of unbranched alkanes of at least 4 members (excludes halogenated alkanes) is 1. The lowest BCUT2D eigenvalue weighted by Crippen LogP contribution is -2.61. The molecule has 2 fully saturated rings. The molecule has 11 amide bonds. The van der Waals surface area contributed by atoms with Gasteiger partial charge >= 0.3 is 5.97 Å². The summed E-state index contributed by atoms with van der Waals surface area (Å²) in [4.78, 5) is 181. The Kier molecular flexibility index (Phi) is 23.8. The number of carboxylic acid groups (broad SMARTS) is 1. The third-order valence-corrected chi connectivity index (χ3v) is 14.8. The fourth-order valence-corrected chi connectivity index (χ4v) is 10.3. The standard InChI is InChI=1S/C57H73N17O14/c58-17-7-6-13-38(57(88)74-18-8-14-45(74)56(87)63-27-46(59)76)67-50(81)39(19-31-9-2-1-3-10-31)68-54(85)43(23-48(78)79)72-53(84)42(22-34-26-61-30-65-34)71-55(86)44(28-75)73-51(82)40(20-32-24-62-36-12-5-4-11-35(32)36)69-52(83)41(21-33-25-60-29-64-33)70-49(80)37-15-16-47(77)66-37/h1-5,9-12,24-26,29-30,37-45,62,75H,6-8,13-23,27-28,58H2,(H2,59,76)(H,60,64)(H,61,65)(H,63,87)(H,66,77)(H,67,81)(H,68,85)(H,69,83)(H,70,80)(H,71,86)(H,72,84)(H,73,82)(H,78,79)/t37-,38-,39-,40-,41-,42-,43-,44-,45-/m0/s1. The van der Waals surface area contributed by atoms with E-state index in [1.54, 1.807) is 60.8 Å². The molecule has 5 heterocycles. The van der Waals surface area contributed by atoms with Crippen LogP contribution in [0.2, 0.25) is 0 Å². The minimum atomic E-state index is -1.94. The number of rotatable bonds is 33. The van der Waals surface area contributed by atoms with Crippen molar-refractivity contribution in [2.75, 3.05) is 26.2 Å². The van der Waals surface area contributed by atoms with E-state index in [2.05, 4.69) is 72.8 Å². The summed E-state index contributed by atoms with van der Waals surface area (Å²) in [5, 5.41) is 44.3. The number of hydrogen-bond acceptors (Lipinski definition) is 16. The monoisotopic (exact) mass is 1220 g/mol. The largest absolute Gasteiger partial charge is 0.481 e. The van der Waals surface area contributed by atoms with E-state index in [4.69, 9.17) is 11.5 Å². The van der Waals surface area contributed by atoms with Crippen molar-refractivity contribution < 1.29 is 67.7 Å². The SMILES string of the molecule is NCCCC[C@H](NC(=O)[C@H](Cc1ccccc1)NC(=O)[C@H](CC(=O)O)NC(=O)[C@H](Cc1cnc[nH]1)NC(=O)[C@H](CO)NC(=O)[C@H](Cc1c[nH]c2ccccc12)NC(=O)[C@H](Cc1cnc[nH]1)NC(=O)[C@@H]1CCC(=O)N1)C(=O)N1CCC[C@H]1C(=O)NCC(N)=O. The van der Waals surface area contributed by atoms with Gasteiger partial charge < -0.3 is 89.4 Å². The smallest absolute Gasteiger partial charge is 0.305 e. The summed E-state index contributed by atoms with van der Waals surface area (Å²) >= 11 is 0. The van der Waals surface area contributed by atoms with Crippen LogP contribution in [0, 0.1) is 0 Å². The van der Waals surface area contributed by atoms with Crippen LogP contribution >= 0.6 is 0 Å². The lowest BCUT2D eigenvalue weighted by atomic mass is 10.0. The number of nitrogens with one attached hydrogen (secondary N) is 12. The lowest BCUT2D eigenvalue weighted by Gasteiger charge is -2.30. The van der Waals surface area contributed by atoms with Gasteiger partial charge in [0.2, 0.25) is 65.0 Å². The Balaban J connectivity index is 1.09. The van der Waals surface area contributed by atoms with E-state index in [1.807, 2.05) is 0 Å². The number of nitrogens with two attached hydrogens (primary N) is 2. The van der Waals surface area contributed by atoms with Crippen LogP contribution in [0.3, 0.4) is 0 Å². The Hall–Kier alpha value is -10.0. The zero-order valence-corrected chi connectivity index (χ0v) is 47.9. The number of H-pyrrole nitrogens is 3. The first-order chi connectivity index (χ1) is 42.3. The van der Waals surface area contributed by atoms with E-state index in [1.165, 1.54) is 29.9 Å². The molecule has 470 valence electrons. The molecule has 88 heavy (non-hydrogen) atoms. The third-order valence-electron chi connectivity index (χ3n) is 14.8. The first-order valence-corrected chi connectivity index (χ1v) is 28.6. The number of carbonyl (C=O) groups is 12. The molecule has 2 aliphatic rings. The highest BCUT2D eigenvalue weighted by Crippen LogP contribution is 2.22. The predicted molar refractivity (Wildman–Crippen MR) is 311 cm³/mol. The second-order valence-electron chi connectivity index (χ2n) is 21.3. The molecule has 0 aliphatic carbocycles. The van der Waals surface area contributed by atoms with Gasteiger partial charge in [-0.25, -0.2) is 9.97 Å². The van der Waals surface area contributed by atoms with Crippen molar-refractivity contribution in [3.63, 3.8) is 0 Å². The molecule has 0 saturated carbocycles. The van der Waals surface area contributed by atoms with E-state index in [-0.39, 0.29) is 76.1 Å². The Morgan fingerprint density at radius 3 is 1.77 bits per heavy atom. The maximum absolute atomic E-state index is 14.5. The summed E-state index contributed by atoms with van der Waals surface area (Å²) in [5.41, 5.74) is 13.4. The molecule has 0 spiro atoms. The molecule has 2 aliphatic heterocycles. The second-order valence-corrected chi connectivity index (χ2v) is 21.3. The van der Waals surface area contributed by atoms with Crippen LogP contribution in [-0.2, 0) is 83.2 Å². The number of fused-ring (bicyclic) bond motifs is 1. The molecule has 2 aromatic carbocycles. The Morgan fingerprint density at radius 1 is 0.636 bits per heavy atom. The van der Waals surface area contributed by atoms with Crippen LogP contribution in [0.5, 0.6) is 0 Å². The molecule has 0 bridgehead atoms. The minimum absolute atomic E-state index is 0.0582. The molecular formula is C57H73N17O14. The minimum Gasteiger partial charge on any atom is -0.481 e. The molecule has 2 saturated heterocycles. The van der Waals surface area contributed by atoms with E-state index < -0.39 is 139 Å². The average Bonchev–Trinajstić information content (AvgIpc) is 4.00. The molecule has 0 radical (unpaired) electrons. The van der Waals surface area contributed by atoms with Gasteiger partial charge in [-0.2, -0.15) is 0 Å². The van der Waals surface area contributed by atoms with Crippen molar-refractivity contribution in [2.24, 2.45) is 11.5 Å². The van der Waals surface area contributed by atoms with Crippen LogP contribution in [0.1, 0.15) is 73.9 Å². The van der Waals surface area contributed by atoms with Gasteiger partial charge in [0.15, 0.2) is 0 Å². The number of carboxylic acids is 1. The number of carbonyl (C=O) groups excluding carboxylic acids is 11. The first kappa shape index (κ1) is 65.5.